The number of urea groups is 1. The fraction of sp³-hybridized carbons (Fsp3) is 0.545. The van der Waals surface area contributed by atoms with E-state index in [4.69, 9.17) is 9.63 Å². The second-order valence-corrected chi connectivity index (χ2v) is 4.11. The van der Waals surface area contributed by atoms with Crippen molar-refractivity contribution in [3.8, 4) is 0 Å². The molecule has 0 spiro atoms. The first-order valence-corrected chi connectivity index (χ1v) is 5.58. The first-order chi connectivity index (χ1) is 8.41. The van der Waals surface area contributed by atoms with Crippen LogP contribution < -0.4 is 10.6 Å². The van der Waals surface area contributed by atoms with Gasteiger partial charge in [-0.25, -0.2) is 4.79 Å². The zero-order valence-electron chi connectivity index (χ0n) is 10.6. The monoisotopic (exact) mass is 255 g/mol. The Kier molecular flexibility index (Phi) is 4.70. The molecule has 0 aliphatic heterocycles. The van der Waals surface area contributed by atoms with Crippen LogP contribution in [0.5, 0.6) is 0 Å². The summed E-state index contributed by atoms with van der Waals surface area (Å²) in [4.78, 5) is 22.0. The molecule has 0 saturated heterocycles. The third-order valence-corrected chi connectivity index (χ3v) is 2.60. The van der Waals surface area contributed by atoms with E-state index in [0.717, 1.165) is 11.3 Å². The summed E-state index contributed by atoms with van der Waals surface area (Å²) in [5, 5.41) is 17.5. The van der Waals surface area contributed by atoms with Crippen molar-refractivity contribution in [2.45, 2.75) is 27.3 Å². The van der Waals surface area contributed by atoms with Crippen LogP contribution in [0.15, 0.2) is 4.52 Å². The van der Waals surface area contributed by atoms with Gasteiger partial charge < -0.3 is 20.3 Å². The van der Waals surface area contributed by atoms with Crippen molar-refractivity contribution in [2.24, 2.45) is 5.92 Å². The van der Waals surface area contributed by atoms with Gasteiger partial charge in [0.05, 0.1) is 11.6 Å². The molecule has 0 fully saturated rings. The Bertz CT molecular complexity index is 422. The third kappa shape index (κ3) is 3.76. The van der Waals surface area contributed by atoms with Gasteiger partial charge in [-0.3, -0.25) is 4.79 Å². The lowest BCUT2D eigenvalue weighted by molar-refractivity contribution is -0.140. The van der Waals surface area contributed by atoms with Crippen molar-refractivity contribution in [3.05, 3.63) is 17.0 Å². The standard InChI is InChI=1S/C11H17N3O4/c1-6(10(15)16)4-12-11(17)13-5-9-7(2)14-18-8(9)3/h6H,4-5H2,1-3H3,(H,15,16)(H2,12,13,17). The molecule has 7 nitrogen and oxygen atoms in total. The van der Waals surface area contributed by atoms with E-state index in [1.807, 2.05) is 0 Å². The number of amides is 2. The van der Waals surface area contributed by atoms with Crippen LogP contribution >= 0.6 is 0 Å². The van der Waals surface area contributed by atoms with Crippen LogP contribution in [-0.4, -0.2) is 28.8 Å². The first kappa shape index (κ1) is 14.0. The number of aryl methyl sites for hydroxylation is 2. The van der Waals surface area contributed by atoms with Crippen LogP contribution in [0.3, 0.4) is 0 Å². The van der Waals surface area contributed by atoms with Gasteiger partial charge in [0.1, 0.15) is 5.76 Å². The molecule has 1 heterocycles. The molecule has 0 saturated carbocycles. The zero-order valence-corrected chi connectivity index (χ0v) is 10.6. The van der Waals surface area contributed by atoms with Crippen LogP contribution in [0.25, 0.3) is 0 Å². The van der Waals surface area contributed by atoms with Crippen LogP contribution in [0.4, 0.5) is 4.79 Å². The normalized spacial score (nSPS) is 11.9. The van der Waals surface area contributed by atoms with Crippen LogP contribution in [0, 0.1) is 19.8 Å². The number of carbonyl (C=O) groups excluding carboxylic acids is 1. The number of rotatable bonds is 5. The summed E-state index contributed by atoms with van der Waals surface area (Å²) in [6.07, 6.45) is 0. The number of aromatic nitrogens is 1. The van der Waals surface area contributed by atoms with Crippen molar-refractivity contribution in [1.29, 1.82) is 0 Å². The maximum Gasteiger partial charge on any atom is 0.315 e. The van der Waals surface area contributed by atoms with E-state index in [1.165, 1.54) is 6.92 Å². The summed E-state index contributed by atoms with van der Waals surface area (Å²) in [5.41, 5.74) is 1.56. The summed E-state index contributed by atoms with van der Waals surface area (Å²) in [7, 11) is 0. The van der Waals surface area contributed by atoms with Gasteiger partial charge in [-0.15, -0.1) is 0 Å². The second kappa shape index (κ2) is 6.04. The number of carboxylic acids is 1. The second-order valence-electron chi connectivity index (χ2n) is 4.11. The molecular formula is C11H17N3O4. The highest BCUT2D eigenvalue weighted by Gasteiger charge is 2.13. The molecule has 2 amide bonds. The van der Waals surface area contributed by atoms with Gasteiger partial charge in [0.25, 0.3) is 0 Å². The molecule has 0 radical (unpaired) electrons. The Morgan fingerprint density at radius 2 is 2.06 bits per heavy atom. The Balaban J connectivity index is 2.36. The van der Waals surface area contributed by atoms with Crippen molar-refractivity contribution in [3.63, 3.8) is 0 Å². The maximum absolute atomic E-state index is 11.4. The van der Waals surface area contributed by atoms with Gasteiger partial charge in [-0.1, -0.05) is 12.1 Å². The molecule has 0 aromatic carbocycles. The van der Waals surface area contributed by atoms with E-state index in [2.05, 4.69) is 15.8 Å². The molecule has 1 aromatic rings. The Hall–Kier alpha value is -2.05. The molecule has 1 rings (SSSR count). The van der Waals surface area contributed by atoms with Crippen LogP contribution in [-0.2, 0) is 11.3 Å². The molecule has 0 aliphatic rings. The van der Waals surface area contributed by atoms with Crippen molar-refractivity contribution < 1.29 is 19.2 Å². The molecule has 100 valence electrons. The van der Waals surface area contributed by atoms with Crippen molar-refractivity contribution in [1.82, 2.24) is 15.8 Å². The summed E-state index contributed by atoms with van der Waals surface area (Å²) >= 11 is 0. The molecule has 0 bridgehead atoms. The molecule has 18 heavy (non-hydrogen) atoms. The van der Waals surface area contributed by atoms with E-state index >= 15 is 0 Å². The van der Waals surface area contributed by atoms with Crippen molar-refractivity contribution >= 4 is 12.0 Å². The van der Waals surface area contributed by atoms with E-state index in [-0.39, 0.29) is 6.54 Å². The largest absolute Gasteiger partial charge is 0.481 e. The SMILES string of the molecule is Cc1noc(C)c1CNC(=O)NCC(C)C(=O)O. The maximum atomic E-state index is 11.4. The Labute approximate surface area is 105 Å². The predicted molar refractivity (Wildman–Crippen MR) is 63.0 cm³/mol. The number of nitrogens with zero attached hydrogens (tertiary/aromatic N) is 1. The van der Waals surface area contributed by atoms with Gasteiger partial charge in [-0.05, 0) is 13.8 Å². The number of carbonyl (C=O) groups is 2. The quantitative estimate of drug-likeness (QED) is 0.722. The minimum Gasteiger partial charge on any atom is -0.481 e. The lowest BCUT2D eigenvalue weighted by Gasteiger charge is -2.09. The molecule has 7 heteroatoms. The average Bonchev–Trinajstić information content (AvgIpc) is 2.63. The van der Waals surface area contributed by atoms with E-state index in [0.29, 0.717) is 12.3 Å². The summed E-state index contributed by atoms with van der Waals surface area (Å²) in [6, 6.07) is -0.414. The predicted octanol–water partition coefficient (Wildman–Crippen LogP) is 0.811. The average molecular weight is 255 g/mol. The molecular weight excluding hydrogens is 238 g/mol. The summed E-state index contributed by atoms with van der Waals surface area (Å²) in [5.74, 6) is -0.900. The van der Waals surface area contributed by atoms with E-state index < -0.39 is 17.9 Å². The van der Waals surface area contributed by atoms with Gasteiger partial charge in [0.2, 0.25) is 0 Å². The Morgan fingerprint density at radius 3 is 2.56 bits per heavy atom. The topological polar surface area (TPSA) is 104 Å². The van der Waals surface area contributed by atoms with Gasteiger partial charge in [0.15, 0.2) is 0 Å². The molecule has 1 aromatic heterocycles. The molecule has 0 aliphatic carbocycles. The number of hydrogen-bond donors (Lipinski definition) is 3. The molecule has 1 unspecified atom stereocenters. The number of aliphatic carboxylic acids is 1. The van der Waals surface area contributed by atoms with Crippen molar-refractivity contribution in [2.75, 3.05) is 6.54 Å². The lowest BCUT2D eigenvalue weighted by Crippen LogP contribution is -2.39. The number of carboxylic acid groups (broad SMARTS) is 1. The van der Waals surface area contributed by atoms with Gasteiger partial charge >= 0.3 is 12.0 Å². The number of hydrogen-bond acceptors (Lipinski definition) is 4. The highest BCUT2D eigenvalue weighted by Crippen LogP contribution is 2.11. The van der Waals surface area contributed by atoms with Gasteiger partial charge in [-0.2, -0.15) is 0 Å². The minimum absolute atomic E-state index is 0.0861. The fourth-order valence-electron chi connectivity index (χ4n) is 1.32. The summed E-state index contributed by atoms with van der Waals surface area (Å²) in [6.45, 7) is 5.47. The van der Waals surface area contributed by atoms with E-state index in [9.17, 15) is 9.59 Å². The molecule has 3 N–H and O–H groups in total. The smallest absolute Gasteiger partial charge is 0.315 e. The molecule has 1 atom stereocenters. The van der Waals surface area contributed by atoms with Crippen LogP contribution in [0.2, 0.25) is 0 Å². The fourth-order valence-corrected chi connectivity index (χ4v) is 1.32. The highest BCUT2D eigenvalue weighted by atomic mass is 16.5. The number of nitrogens with one attached hydrogen (secondary N) is 2. The Morgan fingerprint density at radius 1 is 1.39 bits per heavy atom. The van der Waals surface area contributed by atoms with E-state index in [1.54, 1.807) is 13.8 Å². The van der Waals surface area contributed by atoms with Gasteiger partial charge in [0, 0.05) is 18.7 Å². The lowest BCUT2D eigenvalue weighted by atomic mass is 10.2. The highest BCUT2D eigenvalue weighted by molar-refractivity contribution is 5.75. The first-order valence-electron chi connectivity index (χ1n) is 5.58. The minimum atomic E-state index is -0.943. The third-order valence-electron chi connectivity index (χ3n) is 2.60. The van der Waals surface area contributed by atoms with Crippen LogP contribution in [0.1, 0.15) is 23.9 Å². The zero-order chi connectivity index (χ0) is 13.7. The summed E-state index contributed by atoms with van der Waals surface area (Å²) < 4.78 is 4.96.